The van der Waals surface area contributed by atoms with Gasteiger partial charge >= 0.3 is 5.97 Å². The van der Waals surface area contributed by atoms with E-state index in [-0.39, 0.29) is 23.5 Å². The number of esters is 1. The molecule has 0 unspecified atom stereocenters. The molecule has 1 aromatic rings. The van der Waals surface area contributed by atoms with Crippen LogP contribution in [0.1, 0.15) is 35.7 Å². The second kappa shape index (κ2) is 7.67. The molecule has 2 heterocycles. The predicted octanol–water partition coefficient (Wildman–Crippen LogP) is 0.764. The highest BCUT2D eigenvalue weighted by Crippen LogP contribution is 2.24. The first-order chi connectivity index (χ1) is 12.8. The van der Waals surface area contributed by atoms with E-state index >= 15 is 0 Å². The van der Waals surface area contributed by atoms with Gasteiger partial charge in [-0.05, 0) is 43.5 Å². The van der Waals surface area contributed by atoms with Crippen molar-refractivity contribution in [3.8, 4) is 0 Å². The van der Waals surface area contributed by atoms with Gasteiger partial charge < -0.3 is 15.0 Å². The molecule has 1 aromatic carbocycles. The van der Waals surface area contributed by atoms with Crippen LogP contribution in [0.5, 0.6) is 0 Å². The van der Waals surface area contributed by atoms with Gasteiger partial charge in [-0.15, -0.1) is 0 Å². The van der Waals surface area contributed by atoms with Crippen LogP contribution in [0.3, 0.4) is 0 Å². The van der Waals surface area contributed by atoms with E-state index in [1.807, 2.05) is 0 Å². The van der Waals surface area contributed by atoms with E-state index in [2.05, 4.69) is 5.32 Å². The second-order valence-corrected chi connectivity index (χ2v) is 8.96. The Balaban J connectivity index is 1.60. The minimum Gasteiger partial charge on any atom is -0.452 e. The standard InChI is InChI=1S/C18H22N2O6S/c1-2-20(14-7-8-27(24,25)11-14)17(22)10-26-18(23)13-3-5-15-12(9-13)4-6-16(21)19-15/h3,5,9,14H,2,4,6-8,10-11H2,1H3,(H,19,21)/t14-/m0/s1. The van der Waals surface area contributed by atoms with Gasteiger partial charge in [-0.25, -0.2) is 13.2 Å². The maximum absolute atomic E-state index is 12.4. The van der Waals surface area contributed by atoms with E-state index in [0.717, 1.165) is 5.56 Å². The number of ether oxygens (including phenoxy) is 1. The van der Waals surface area contributed by atoms with Gasteiger partial charge in [0.25, 0.3) is 5.91 Å². The summed E-state index contributed by atoms with van der Waals surface area (Å²) in [6.07, 6.45) is 1.31. The summed E-state index contributed by atoms with van der Waals surface area (Å²) in [5.74, 6) is -1.06. The Hall–Kier alpha value is -2.42. The van der Waals surface area contributed by atoms with Crippen molar-refractivity contribution in [1.82, 2.24) is 4.90 Å². The van der Waals surface area contributed by atoms with Crippen LogP contribution in [0, 0.1) is 0 Å². The van der Waals surface area contributed by atoms with Crippen LogP contribution in [0.15, 0.2) is 18.2 Å². The largest absolute Gasteiger partial charge is 0.452 e. The number of hydrogen-bond donors (Lipinski definition) is 1. The topological polar surface area (TPSA) is 110 Å². The number of rotatable bonds is 5. The number of anilines is 1. The molecule has 1 atom stereocenters. The van der Waals surface area contributed by atoms with Crippen LogP contribution in [-0.2, 0) is 30.6 Å². The molecule has 27 heavy (non-hydrogen) atoms. The van der Waals surface area contributed by atoms with Gasteiger partial charge in [0.15, 0.2) is 16.4 Å². The van der Waals surface area contributed by atoms with E-state index in [4.69, 9.17) is 4.74 Å². The van der Waals surface area contributed by atoms with E-state index < -0.39 is 28.3 Å². The number of benzene rings is 1. The van der Waals surface area contributed by atoms with E-state index in [0.29, 0.717) is 37.1 Å². The number of nitrogens with one attached hydrogen (secondary N) is 1. The van der Waals surface area contributed by atoms with Crippen molar-refractivity contribution >= 4 is 33.3 Å². The molecule has 0 bridgehead atoms. The zero-order chi connectivity index (χ0) is 19.6. The Kier molecular flexibility index (Phi) is 5.50. The summed E-state index contributed by atoms with van der Waals surface area (Å²) in [7, 11) is -3.10. The lowest BCUT2D eigenvalue weighted by atomic mass is 10.0. The van der Waals surface area contributed by atoms with Crippen LogP contribution in [0.2, 0.25) is 0 Å². The average molecular weight is 394 g/mol. The first kappa shape index (κ1) is 19.3. The van der Waals surface area contributed by atoms with Crippen molar-refractivity contribution in [3.63, 3.8) is 0 Å². The van der Waals surface area contributed by atoms with Gasteiger partial charge in [-0.3, -0.25) is 9.59 Å². The van der Waals surface area contributed by atoms with Crippen molar-refractivity contribution in [3.05, 3.63) is 29.3 Å². The highest BCUT2D eigenvalue weighted by atomic mass is 32.2. The molecule has 0 radical (unpaired) electrons. The number of amides is 2. The van der Waals surface area contributed by atoms with E-state index in [9.17, 15) is 22.8 Å². The van der Waals surface area contributed by atoms with Crippen molar-refractivity contribution < 1.29 is 27.5 Å². The number of aryl methyl sites for hydroxylation is 1. The molecule has 0 spiro atoms. The molecule has 0 aromatic heterocycles. The Bertz CT molecular complexity index is 880. The number of carbonyl (C=O) groups excluding carboxylic acids is 3. The van der Waals surface area contributed by atoms with Crippen LogP contribution in [0.4, 0.5) is 5.69 Å². The van der Waals surface area contributed by atoms with Gasteiger partial charge in [-0.1, -0.05) is 0 Å². The minimum absolute atomic E-state index is 0.0446. The quantitative estimate of drug-likeness (QED) is 0.739. The maximum atomic E-state index is 12.4. The summed E-state index contributed by atoms with van der Waals surface area (Å²) in [5, 5.41) is 2.74. The third-order valence-corrected chi connectivity index (χ3v) is 6.62. The zero-order valence-corrected chi connectivity index (χ0v) is 15.9. The lowest BCUT2D eigenvalue weighted by Crippen LogP contribution is -2.43. The average Bonchev–Trinajstić information content (AvgIpc) is 2.99. The van der Waals surface area contributed by atoms with Crippen molar-refractivity contribution in [2.24, 2.45) is 0 Å². The smallest absolute Gasteiger partial charge is 0.338 e. The molecule has 2 amide bonds. The molecule has 0 saturated carbocycles. The second-order valence-electron chi connectivity index (χ2n) is 6.73. The van der Waals surface area contributed by atoms with Crippen LogP contribution in [0.25, 0.3) is 0 Å². The highest BCUT2D eigenvalue weighted by molar-refractivity contribution is 7.91. The molecule has 8 nitrogen and oxygen atoms in total. The fourth-order valence-electron chi connectivity index (χ4n) is 3.46. The van der Waals surface area contributed by atoms with Crippen molar-refractivity contribution in [2.45, 2.75) is 32.2 Å². The fraction of sp³-hybridized carbons (Fsp3) is 0.500. The third kappa shape index (κ3) is 4.47. The number of fused-ring (bicyclic) bond motifs is 1. The molecule has 2 aliphatic heterocycles. The van der Waals surface area contributed by atoms with Gasteiger partial charge in [-0.2, -0.15) is 0 Å². The maximum Gasteiger partial charge on any atom is 0.338 e. The molecule has 3 rings (SSSR count). The molecule has 9 heteroatoms. The molecule has 2 aliphatic rings. The molecule has 1 N–H and O–H groups in total. The monoisotopic (exact) mass is 394 g/mol. The van der Waals surface area contributed by atoms with Gasteiger partial charge in [0.2, 0.25) is 5.91 Å². The SMILES string of the molecule is CCN(C(=O)COC(=O)c1ccc2c(c1)CCC(=O)N2)[C@H]1CCS(=O)(=O)C1. The summed E-state index contributed by atoms with van der Waals surface area (Å²) < 4.78 is 28.4. The van der Waals surface area contributed by atoms with Gasteiger partial charge in [0.05, 0.1) is 17.1 Å². The first-order valence-corrected chi connectivity index (χ1v) is 10.7. The van der Waals surface area contributed by atoms with Crippen molar-refractivity contribution in [2.75, 3.05) is 30.0 Å². The van der Waals surface area contributed by atoms with Crippen LogP contribution in [-0.4, -0.2) is 61.8 Å². The Morgan fingerprint density at radius 2 is 2.07 bits per heavy atom. The van der Waals surface area contributed by atoms with Gasteiger partial charge in [0.1, 0.15) is 0 Å². The zero-order valence-electron chi connectivity index (χ0n) is 15.1. The Labute approximate surface area is 157 Å². The summed E-state index contributed by atoms with van der Waals surface area (Å²) in [6.45, 7) is 1.69. The number of nitrogens with zero attached hydrogens (tertiary/aromatic N) is 1. The molecular weight excluding hydrogens is 372 g/mol. The Morgan fingerprint density at radius 1 is 1.30 bits per heavy atom. The summed E-state index contributed by atoms with van der Waals surface area (Å²) >= 11 is 0. The highest BCUT2D eigenvalue weighted by Gasteiger charge is 2.34. The van der Waals surface area contributed by atoms with E-state index in [1.165, 1.54) is 4.90 Å². The van der Waals surface area contributed by atoms with E-state index in [1.54, 1.807) is 25.1 Å². The number of likely N-dealkylation sites (N-methyl/N-ethyl adjacent to an activating group) is 1. The molecule has 1 saturated heterocycles. The summed E-state index contributed by atoms with van der Waals surface area (Å²) in [6, 6.07) is 4.48. The third-order valence-electron chi connectivity index (χ3n) is 4.87. The van der Waals surface area contributed by atoms with Crippen LogP contribution >= 0.6 is 0 Å². The number of sulfone groups is 1. The molecule has 1 fully saturated rings. The first-order valence-electron chi connectivity index (χ1n) is 8.89. The Morgan fingerprint density at radius 3 is 2.74 bits per heavy atom. The molecular formula is C18H22N2O6S. The lowest BCUT2D eigenvalue weighted by Gasteiger charge is -2.26. The fourth-order valence-corrected chi connectivity index (χ4v) is 5.19. The number of carbonyl (C=O) groups is 3. The normalized spacial score (nSPS) is 20.5. The van der Waals surface area contributed by atoms with Crippen molar-refractivity contribution in [1.29, 1.82) is 0 Å². The minimum atomic E-state index is -3.10. The van der Waals surface area contributed by atoms with Gasteiger partial charge in [0, 0.05) is 24.7 Å². The lowest BCUT2D eigenvalue weighted by molar-refractivity contribution is -0.136. The summed E-state index contributed by atoms with van der Waals surface area (Å²) in [5.41, 5.74) is 1.84. The number of hydrogen-bond acceptors (Lipinski definition) is 6. The molecule has 146 valence electrons. The predicted molar refractivity (Wildman–Crippen MR) is 98.1 cm³/mol. The summed E-state index contributed by atoms with van der Waals surface area (Å²) in [4.78, 5) is 37.5. The van der Waals surface area contributed by atoms with Crippen LogP contribution < -0.4 is 5.32 Å². The molecule has 0 aliphatic carbocycles.